The molecule has 0 aliphatic carbocycles. The van der Waals surface area contributed by atoms with Crippen LogP contribution < -0.4 is 4.90 Å². The van der Waals surface area contributed by atoms with Gasteiger partial charge >= 0.3 is 5.91 Å². The number of amides is 1. The van der Waals surface area contributed by atoms with E-state index in [-0.39, 0.29) is 5.54 Å². The number of carbonyl (C=O) groups excluding carboxylic acids is 1. The second-order valence-corrected chi connectivity index (χ2v) is 4.05. The minimum atomic E-state index is 0.165. The van der Waals surface area contributed by atoms with Gasteiger partial charge in [0.25, 0.3) is 0 Å². The summed E-state index contributed by atoms with van der Waals surface area (Å²) in [5.74, 6) is 0.298. The maximum atomic E-state index is 11.2. The summed E-state index contributed by atoms with van der Waals surface area (Å²) in [6, 6.07) is 0. The molecule has 1 saturated heterocycles. The third kappa shape index (κ3) is 1.60. The molecular weight excluding hydrogens is 140 g/mol. The van der Waals surface area contributed by atoms with E-state index in [1.165, 1.54) is 0 Å². The van der Waals surface area contributed by atoms with Gasteiger partial charge in [0.15, 0.2) is 0 Å². The zero-order valence-electron chi connectivity index (χ0n) is 7.77. The van der Waals surface area contributed by atoms with Crippen molar-refractivity contribution in [1.82, 2.24) is 4.90 Å². The Labute approximate surface area is 68.0 Å². The quantitative estimate of drug-likeness (QED) is 0.475. The monoisotopic (exact) mass is 157 g/mol. The van der Waals surface area contributed by atoms with E-state index < -0.39 is 0 Å². The highest BCUT2D eigenvalue weighted by molar-refractivity contribution is 5.69. The van der Waals surface area contributed by atoms with Crippen molar-refractivity contribution < 1.29 is 9.69 Å². The van der Waals surface area contributed by atoms with E-state index in [2.05, 4.69) is 18.7 Å². The second-order valence-electron chi connectivity index (χ2n) is 4.05. The number of nitrogens with zero attached hydrogens (tertiary/aromatic N) is 1. The summed E-state index contributed by atoms with van der Waals surface area (Å²) < 4.78 is 0. The Morgan fingerprint density at radius 3 is 2.55 bits per heavy atom. The summed E-state index contributed by atoms with van der Waals surface area (Å²) in [4.78, 5) is 14.3. The Morgan fingerprint density at radius 2 is 2.09 bits per heavy atom. The highest BCUT2D eigenvalue weighted by atomic mass is 16.2. The largest absolute Gasteiger partial charge is 0.326 e. The van der Waals surface area contributed by atoms with Crippen LogP contribution in [-0.2, 0) is 4.79 Å². The topological polar surface area (TPSA) is 24.8 Å². The first-order valence-corrected chi connectivity index (χ1v) is 4.00. The Kier molecular flexibility index (Phi) is 2.03. The molecule has 1 rings (SSSR count). The molecule has 0 aromatic heterocycles. The van der Waals surface area contributed by atoms with Crippen molar-refractivity contribution in [2.75, 3.05) is 27.2 Å². The molecule has 0 aromatic carbocycles. The zero-order valence-corrected chi connectivity index (χ0v) is 7.77. The van der Waals surface area contributed by atoms with Gasteiger partial charge in [0.2, 0.25) is 0 Å². The molecule has 3 heteroatoms. The Balaban J connectivity index is 2.70. The Hall–Kier alpha value is -0.410. The molecule has 11 heavy (non-hydrogen) atoms. The van der Waals surface area contributed by atoms with Crippen LogP contribution in [0.3, 0.4) is 0 Å². The van der Waals surface area contributed by atoms with Crippen molar-refractivity contribution in [3.05, 3.63) is 0 Å². The molecule has 1 aliphatic rings. The molecule has 1 unspecified atom stereocenters. The van der Waals surface area contributed by atoms with Crippen molar-refractivity contribution in [2.24, 2.45) is 0 Å². The number of carbonyl (C=O) groups is 1. The van der Waals surface area contributed by atoms with E-state index in [9.17, 15) is 4.79 Å². The first-order chi connectivity index (χ1) is 4.93. The number of rotatable bonds is 0. The van der Waals surface area contributed by atoms with Gasteiger partial charge in [-0.3, -0.25) is 9.80 Å². The molecule has 0 spiro atoms. The highest BCUT2D eigenvalue weighted by Crippen LogP contribution is 2.10. The summed E-state index contributed by atoms with van der Waals surface area (Å²) in [5.41, 5.74) is 0.165. The highest BCUT2D eigenvalue weighted by Gasteiger charge is 2.37. The van der Waals surface area contributed by atoms with Gasteiger partial charge in [-0.1, -0.05) is 0 Å². The summed E-state index contributed by atoms with van der Waals surface area (Å²) in [6.45, 7) is 5.83. The van der Waals surface area contributed by atoms with Gasteiger partial charge in [-0.2, -0.15) is 0 Å². The van der Waals surface area contributed by atoms with Crippen molar-refractivity contribution in [1.29, 1.82) is 0 Å². The van der Waals surface area contributed by atoms with E-state index in [1.807, 2.05) is 14.1 Å². The van der Waals surface area contributed by atoms with Crippen molar-refractivity contribution in [3.63, 3.8) is 0 Å². The molecule has 0 radical (unpaired) electrons. The molecule has 1 aliphatic heterocycles. The number of piperazine rings is 1. The SMILES string of the molecule is CN1CC(=O)[NH+](C)CC1(C)C. The maximum absolute atomic E-state index is 11.2. The molecule has 1 N–H and O–H groups in total. The number of nitrogens with one attached hydrogen (secondary N) is 1. The molecule has 0 saturated carbocycles. The number of hydrogen-bond donors (Lipinski definition) is 1. The van der Waals surface area contributed by atoms with Crippen LogP contribution in [-0.4, -0.2) is 43.5 Å². The first kappa shape index (κ1) is 8.68. The first-order valence-electron chi connectivity index (χ1n) is 4.00. The smallest absolute Gasteiger partial charge is 0.284 e. The molecule has 1 amide bonds. The van der Waals surface area contributed by atoms with Crippen molar-refractivity contribution in [3.8, 4) is 0 Å². The molecule has 1 fully saturated rings. The van der Waals surface area contributed by atoms with Gasteiger partial charge in [-0.25, -0.2) is 4.79 Å². The normalized spacial score (nSPS) is 32.4. The Morgan fingerprint density at radius 1 is 1.55 bits per heavy atom. The number of hydrogen-bond acceptors (Lipinski definition) is 2. The van der Waals surface area contributed by atoms with Gasteiger partial charge in [0, 0.05) is 0 Å². The van der Waals surface area contributed by atoms with Crippen LogP contribution in [0, 0.1) is 0 Å². The summed E-state index contributed by atoms with van der Waals surface area (Å²) >= 11 is 0. The van der Waals surface area contributed by atoms with E-state index in [0.717, 1.165) is 11.4 Å². The second kappa shape index (κ2) is 2.57. The minimum Gasteiger partial charge on any atom is -0.284 e. The molecular formula is C8H17N2O+. The Bertz CT molecular complexity index is 177. The van der Waals surface area contributed by atoms with Crippen LogP contribution in [0.1, 0.15) is 13.8 Å². The molecule has 3 nitrogen and oxygen atoms in total. The fraction of sp³-hybridized carbons (Fsp3) is 0.875. The lowest BCUT2D eigenvalue weighted by Gasteiger charge is -2.39. The molecule has 0 aromatic rings. The molecule has 0 bridgehead atoms. The van der Waals surface area contributed by atoms with Gasteiger partial charge < -0.3 is 0 Å². The van der Waals surface area contributed by atoms with E-state index in [0.29, 0.717) is 12.5 Å². The fourth-order valence-corrected chi connectivity index (χ4v) is 1.45. The lowest BCUT2D eigenvalue weighted by Crippen LogP contribution is -3.16. The molecule has 64 valence electrons. The summed E-state index contributed by atoms with van der Waals surface area (Å²) in [7, 11) is 3.95. The summed E-state index contributed by atoms with van der Waals surface area (Å²) in [5, 5.41) is 0. The van der Waals surface area contributed by atoms with Gasteiger partial charge in [-0.15, -0.1) is 0 Å². The van der Waals surface area contributed by atoms with Gasteiger partial charge in [-0.05, 0) is 20.9 Å². The van der Waals surface area contributed by atoms with Gasteiger partial charge in [0.1, 0.15) is 13.1 Å². The fourth-order valence-electron chi connectivity index (χ4n) is 1.45. The maximum Gasteiger partial charge on any atom is 0.326 e. The zero-order chi connectivity index (χ0) is 8.65. The standard InChI is InChI=1S/C8H16N2O/c1-8(2)6-9(3)7(11)5-10(8)4/h5-6H2,1-4H3/p+1. The lowest BCUT2D eigenvalue weighted by molar-refractivity contribution is -0.809. The van der Waals surface area contributed by atoms with Crippen molar-refractivity contribution >= 4 is 5.91 Å². The van der Waals surface area contributed by atoms with Crippen LogP contribution in [0.4, 0.5) is 0 Å². The number of quaternary nitrogens is 1. The average Bonchev–Trinajstić information content (AvgIpc) is 1.83. The predicted octanol–water partition coefficient (Wildman–Crippen LogP) is -1.25. The average molecular weight is 157 g/mol. The van der Waals surface area contributed by atoms with Crippen LogP contribution in [0.5, 0.6) is 0 Å². The lowest BCUT2D eigenvalue weighted by atomic mass is 10.0. The van der Waals surface area contributed by atoms with Crippen molar-refractivity contribution in [2.45, 2.75) is 19.4 Å². The predicted molar refractivity (Wildman–Crippen MR) is 43.5 cm³/mol. The van der Waals surface area contributed by atoms with Crippen LogP contribution in [0.25, 0.3) is 0 Å². The van der Waals surface area contributed by atoms with E-state index >= 15 is 0 Å². The molecule has 1 heterocycles. The van der Waals surface area contributed by atoms with Crippen LogP contribution in [0.2, 0.25) is 0 Å². The third-order valence-electron chi connectivity index (χ3n) is 2.59. The summed E-state index contributed by atoms with van der Waals surface area (Å²) in [6.07, 6.45) is 0. The third-order valence-corrected chi connectivity index (χ3v) is 2.59. The van der Waals surface area contributed by atoms with Gasteiger partial charge in [0.05, 0.1) is 12.6 Å². The van der Waals surface area contributed by atoms with Crippen LogP contribution in [0.15, 0.2) is 0 Å². The molecule has 1 atom stereocenters. The minimum absolute atomic E-state index is 0.165. The van der Waals surface area contributed by atoms with E-state index in [1.54, 1.807) is 0 Å². The number of likely N-dealkylation sites (N-methyl/N-ethyl adjacent to an activating group) is 2. The van der Waals surface area contributed by atoms with E-state index in [4.69, 9.17) is 0 Å². The van der Waals surface area contributed by atoms with Crippen LogP contribution >= 0.6 is 0 Å².